The van der Waals surface area contributed by atoms with Crippen molar-refractivity contribution >= 4 is 0 Å². The van der Waals surface area contributed by atoms with Crippen molar-refractivity contribution in [1.29, 1.82) is 0 Å². The van der Waals surface area contributed by atoms with Gasteiger partial charge >= 0.3 is 6.18 Å². The fourth-order valence-electron chi connectivity index (χ4n) is 1.22. The first kappa shape index (κ1) is 8.80. The third-order valence-corrected chi connectivity index (χ3v) is 1.80. The van der Waals surface area contributed by atoms with Crippen LogP contribution in [-0.4, -0.2) is 30.5 Å². The summed E-state index contributed by atoms with van der Waals surface area (Å²) >= 11 is 0. The van der Waals surface area contributed by atoms with Gasteiger partial charge in [-0.25, -0.2) is 0 Å². The molecule has 0 aromatic carbocycles. The molecule has 1 heterocycles. The van der Waals surface area contributed by atoms with E-state index in [0.717, 1.165) is 0 Å². The van der Waals surface area contributed by atoms with E-state index in [0.29, 0.717) is 0 Å². The minimum Gasteiger partial charge on any atom is -0.391 e. The zero-order valence-corrected chi connectivity index (χ0v) is 5.86. The molecule has 2 atom stereocenters. The highest BCUT2D eigenvalue weighted by Gasteiger charge is 2.37. The fourth-order valence-corrected chi connectivity index (χ4v) is 1.22. The fraction of sp³-hybridized carbons (Fsp3) is 1.00. The van der Waals surface area contributed by atoms with Crippen LogP contribution in [-0.2, 0) is 0 Å². The van der Waals surface area contributed by atoms with E-state index in [1.165, 1.54) is 0 Å². The summed E-state index contributed by atoms with van der Waals surface area (Å²) in [5.74, 6) is -0.657. The summed E-state index contributed by atoms with van der Waals surface area (Å²) < 4.78 is 35.2. The highest BCUT2D eigenvalue weighted by molar-refractivity contribution is 4.81. The molecule has 1 aliphatic rings. The standard InChI is InChI=1S/C6H10F3NO/c7-6(8,9)1-4-2-10-3-5(4)11/h4-5,10-11H,1-3H2/t4-,5-/m1/s1. The largest absolute Gasteiger partial charge is 0.391 e. The van der Waals surface area contributed by atoms with Crippen molar-refractivity contribution in [2.45, 2.75) is 18.7 Å². The lowest BCUT2D eigenvalue weighted by Gasteiger charge is -2.14. The Kier molecular flexibility index (Phi) is 2.39. The second kappa shape index (κ2) is 2.98. The predicted molar refractivity (Wildman–Crippen MR) is 33.0 cm³/mol. The normalized spacial score (nSPS) is 32.7. The molecule has 0 aromatic heterocycles. The van der Waals surface area contributed by atoms with Gasteiger partial charge in [-0.15, -0.1) is 0 Å². The number of aliphatic hydroxyl groups is 1. The Hall–Kier alpha value is -0.290. The molecule has 1 rings (SSSR count). The Balaban J connectivity index is 2.37. The maximum Gasteiger partial charge on any atom is 0.389 e. The summed E-state index contributed by atoms with van der Waals surface area (Å²) in [7, 11) is 0. The summed E-state index contributed by atoms with van der Waals surface area (Å²) in [6.07, 6.45) is -5.88. The zero-order chi connectivity index (χ0) is 8.48. The Labute approximate surface area is 62.4 Å². The van der Waals surface area contributed by atoms with Crippen molar-refractivity contribution in [3.63, 3.8) is 0 Å². The van der Waals surface area contributed by atoms with Crippen LogP contribution < -0.4 is 5.32 Å². The van der Waals surface area contributed by atoms with E-state index in [1.807, 2.05) is 0 Å². The third-order valence-electron chi connectivity index (χ3n) is 1.80. The maximum absolute atomic E-state index is 11.7. The van der Waals surface area contributed by atoms with Gasteiger partial charge in [0.15, 0.2) is 0 Å². The Bertz CT molecular complexity index is 136. The van der Waals surface area contributed by atoms with Crippen LogP contribution in [0.1, 0.15) is 6.42 Å². The van der Waals surface area contributed by atoms with Crippen molar-refractivity contribution in [3.8, 4) is 0 Å². The van der Waals surface area contributed by atoms with Crippen molar-refractivity contribution in [3.05, 3.63) is 0 Å². The molecule has 0 spiro atoms. The first-order valence-electron chi connectivity index (χ1n) is 3.44. The summed E-state index contributed by atoms with van der Waals surface area (Å²) in [6, 6.07) is 0. The summed E-state index contributed by atoms with van der Waals surface area (Å²) in [6.45, 7) is 0.543. The zero-order valence-electron chi connectivity index (χ0n) is 5.86. The average molecular weight is 169 g/mol. The van der Waals surface area contributed by atoms with Gasteiger partial charge in [0.05, 0.1) is 6.10 Å². The second-order valence-electron chi connectivity index (χ2n) is 2.80. The van der Waals surface area contributed by atoms with Gasteiger partial charge in [-0.2, -0.15) is 13.2 Å². The number of halogens is 3. The van der Waals surface area contributed by atoms with Crippen LogP contribution in [0.2, 0.25) is 0 Å². The van der Waals surface area contributed by atoms with Gasteiger partial charge in [-0.1, -0.05) is 0 Å². The first-order chi connectivity index (χ1) is 4.99. The predicted octanol–water partition coefficient (Wildman–Crippen LogP) is 0.519. The van der Waals surface area contributed by atoms with E-state index in [4.69, 9.17) is 5.11 Å². The number of alkyl halides is 3. The number of β-amino-alcohol motifs (C(OH)–C–C–N with tert-alkyl or cyclic N) is 1. The van der Waals surface area contributed by atoms with Gasteiger partial charge in [-0.05, 0) is 0 Å². The van der Waals surface area contributed by atoms with E-state index < -0.39 is 24.6 Å². The molecule has 2 N–H and O–H groups in total. The topological polar surface area (TPSA) is 32.3 Å². The highest BCUT2D eigenvalue weighted by Crippen LogP contribution is 2.27. The maximum atomic E-state index is 11.7. The molecule has 11 heavy (non-hydrogen) atoms. The lowest BCUT2D eigenvalue weighted by Crippen LogP contribution is -2.24. The summed E-state index contributed by atoms with van der Waals surface area (Å²) in [5.41, 5.74) is 0. The van der Waals surface area contributed by atoms with Crippen LogP contribution in [0, 0.1) is 5.92 Å². The number of hydrogen-bond acceptors (Lipinski definition) is 2. The van der Waals surface area contributed by atoms with Crippen LogP contribution in [0.5, 0.6) is 0 Å². The molecule has 5 heteroatoms. The van der Waals surface area contributed by atoms with E-state index in [-0.39, 0.29) is 13.1 Å². The molecule has 0 amide bonds. The monoisotopic (exact) mass is 169 g/mol. The smallest absolute Gasteiger partial charge is 0.389 e. The lowest BCUT2D eigenvalue weighted by atomic mass is 10.0. The van der Waals surface area contributed by atoms with E-state index in [9.17, 15) is 13.2 Å². The Morgan fingerprint density at radius 3 is 2.36 bits per heavy atom. The molecule has 0 unspecified atom stereocenters. The third kappa shape index (κ3) is 2.67. The average Bonchev–Trinajstić information content (AvgIpc) is 2.12. The van der Waals surface area contributed by atoms with Crippen LogP contribution >= 0.6 is 0 Å². The molecule has 0 radical (unpaired) electrons. The molecule has 1 aliphatic heterocycles. The Morgan fingerprint density at radius 1 is 1.36 bits per heavy atom. The van der Waals surface area contributed by atoms with Gasteiger partial charge in [0.2, 0.25) is 0 Å². The number of rotatable bonds is 1. The van der Waals surface area contributed by atoms with Gasteiger partial charge in [0.25, 0.3) is 0 Å². The van der Waals surface area contributed by atoms with Crippen LogP contribution in [0.25, 0.3) is 0 Å². The molecule has 1 fully saturated rings. The van der Waals surface area contributed by atoms with Gasteiger partial charge in [0.1, 0.15) is 0 Å². The molecule has 1 saturated heterocycles. The number of hydrogen-bond donors (Lipinski definition) is 2. The van der Waals surface area contributed by atoms with Gasteiger partial charge in [0, 0.05) is 25.4 Å². The van der Waals surface area contributed by atoms with Crippen molar-refractivity contribution in [2.75, 3.05) is 13.1 Å². The quantitative estimate of drug-likeness (QED) is 0.599. The van der Waals surface area contributed by atoms with Crippen LogP contribution in [0.4, 0.5) is 13.2 Å². The van der Waals surface area contributed by atoms with Crippen LogP contribution in [0.15, 0.2) is 0 Å². The summed E-state index contributed by atoms with van der Waals surface area (Å²) in [4.78, 5) is 0. The van der Waals surface area contributed by atoms with E-state index in [2.05, 4.69) is 5.32 Å². The number of nitrogens with one attached hydrogen (secondary N) is 1. The lowest BCUT2D eigenvalue weighted by molar-refractivity contribution is -0.148. The molecule has 0 aromatic rings. The minimum atomic E-state index is -4.16. The highest BCUT2D eigenvalue weighted by atomic mass is 19.4. The van der Waals surface area contributed by atoms with Gasteiger partial charge < -0.3 is 10.4 Å². The first-order valence-corrected chi connectivity index (χ1v) is 3.44. The summed E-state index contributed by atoms with van der Waals surface area (Å²) in [5, 5.41) is 11.7. The van der Waals surface area contributed by atoms with Gasteiger partial charge in [-0.3, -0.25) is 0 Å². The minimum absolute atomic E-state index is 0.265. The van der Waals surface area contributed by atoms with E-state index in [1.54, 1.807) is 0 Å². The SMILES string of the molecule is O[C@@H]1CNC[C@H]1CC(F)(F)F. The van der Waals surface area contributed by atoms with Crippen molar-refractivity contribution in [1.82, 2.24) is 5.32 Å². The Morgan fingerprint density at radius 2 is 2.00 bits per heavy atom. The molecule has 2 nitrogen and oxygen atoms in total. The second-order valence-corrected chi connectivity index (χ2v) is 2.80. The van der Waals surface area contributed by atoms with Crippen molar-refractivity contribution < 1.29 is 18.3 Å². The molecular weight excluding hydrogens is 159 g/mol. The van der Waals surface area contributed by atoms with Crippen LogP contribution in [0.3, 0.4) is 0 Å². The number of aliphatic hydroxyl groups excluding tert-OH is 1. The molecule has 0 saturated carbocycles. The van der Waals surface area contributed by atoms with E-state index >= 15 is 0 Å². The molecule has 0 bridgehead atoms. The molecule has 0 aliphatic carbocycles. The molecular formula is C6H10F3NO. The molecule has 66 valence electrons. The van der Waals surface area contributed by atoms with Crippen molar-refractivity contribution in [2.24, 2.45) is 5.92 Å².